The molecule has 0 amide bonds. The minimum atomic E-state index is -0.561. The van der Waals surface area contributed by atoms with Crippen molar-refractivity contribution in [2.75, 3.05) is 32.0 Å². The number of para-hydroxylation sites is 1. The van der Waals surface area contributed by atoms with Crippen LogP contribution in [0.4, 0.5) is 27.5 Å². The molecule has 1 heterocycles. The number of ether oxygens (including phenoxy) is 3. The predicted octanol–water partition coefficient (Wildman–Crippen LogP) is 4.13. The van der Waals surface area contributed by atoms with Crippen LogP contribution in [0.1, 0.15) is 0 Å². The summed E-state index contributed by atoms with van der Waals surface area (Å²) in [4.78, 5) is 8.17. The molecule has 0 spiro atoms. The lowest BCUT2D eigenvalue weighted by molar-refractivity contribution is 0.324. The Labute approximate surface area is 156 Å². The summed E-state index contributed by atoms with van der Waals surface area (Å²) >= 11 is 0. The topological polar surface area (TPSA) is 77.5 Å². The summed E-state index contributed by atoms with van der Waals surface area (Å²) in [5.74, 6) is 1.13. The van der Waals surface area contributed by atoms with Crippen molar-refractivity contribution < 1.29 is 18.6 Å². The first kappa shape index (κ1) is 18.2. The highest BCUT2D eigenvalue weighted by molar-refractivity contribution is 5.66. The lowest BCUT2D eigenvalue weighted by atomic mass is 10.2. The highest BCUT2D eigenvalue weighted by Crippen LogP contribution is 2.40. The normalized spacial score (nSPS) is 10.2. The first-order chi connectivity index (χ1) is 13.1. The van der Waals surface area contributed by atoms with Crippen molar-refractivity contribution in [3.8, 4) is 17.2 Å². The van der Waals surface area contributed by atoms with Crippen LogP contribution in [0.15, 0.2) is 48.7 Å². The molecule has 140 valence electrons. The number of nitrogens with zero attached hydrogens (tertiary/aromatic N) is 2. The van der Waals surface area contributed by atoms with Crippen LogP contribution in [0.25, 0.3) is 0 Å². The molecule has 1 aromatic heterocycles. The third kappa shape index (κ3) is 4.17. The summed E-state index contributed by atoms with van der Waals surface area (Å²) in [5.41, 5.74) is 1.32. The van der Waals surface area contributed by atoms with E-state index in [1.54, 1.807) is 12.1 Å². The Hall–Kier alpha value is -3.55. The van der Waals surface area contributed by atoms with Gasteiger partial charge in [-0.15, -0.1) is 0 Å². The van der Waals surface area contributed by atoms with E-state index in [0.29, 0.717) is 28.6 Å². The van der Waals surface area contributed by atoms with Crippen molar-refractivity contribution >= 4 is 23.1 Å². The van der Waals surface area contributed by atoms with Crippen LogP contribution in [0, 0.1) is 5.82 Å². The standard InChI is InChI=1S/C19H19FN4O3/c1-25-15-9-13(10-16(26-2)17(15)27-3)23-19-21-11-14(20)18(24-19)22-12-7-5-4-6-8-12/h4-11H,1-3H3,(H2,21,22,23,24). The second kappa shape index (κ2) is 8.22. The lowest BCUT2D eigenvalue weighted by Gasteiger charge is -2.15. The highest BCUT2D eigenvalue weighted by Gasteiger charge is 2.14. The maximum Gasteiger partial charge on any atom is 0.229 e. The number of aromatic nitrogens is 2. The smallest absolute Gasteiger partial charge is 0.229 e. The van der Waals surface area contributed by atoms with Crippen molar-refractivity contribution in [2.45, 2.75) is 0 Å². The first-order valence-electron chi connectivity index (χ1n) is 8.06. The van der Waals surface area contributed by atoms with E-state index >= 15 is 0 Å². The Kier molecular flexibility index (Phi) is 5.55. The Balaban J connectivity index is 1.89. The molecule has 0 aliphatic rings. The number of methoxy groups -OCH3 is 3. The van der Waals surface area contributed by atoms with Crippen molar-refractivity contribution in [1.82, 2.24) is 9.97 Å². The van der Waals surface area contributed by atoms with Gasteiger partial charge in [-0.2, -0.15) is 4.98 Å². The molecule has 7 nitrogen and oxygen atoms in total. The largest absolute Gasteiger partial charge is 0.493 e. The predicted molar refractivity (Wildman–Crippen MR) is 101 cm³/mol. The van der Waals surface area contributed by atoms with Gasteiger partial charge in [-0.25, -0.2) is 9.37 Å². The molecule has 0 radical (unpaired) electrons. The average molecular weight is 370 g/mol. The number of nitrogens with one attached hydrogen (secondary N) is 2. The SMILES string of the molecule is COc1cc(Nc2ncc(F)c(Nc3ccccc3)n2)cc(OC)c1OC. The van der Waals surface area contributed by atoms with Crippen LogP contribution >= 0.6 is 0 Å². The van der Waals surface area contributed by atoms with Gasteiger partial charge in [-0.1, -0.05) is 18.2 Å². The Morgan fingerprint density at radius 1 is 0.852 bits per heavy atom. The van der Waals surface area contributed by atoms with E-state index in [1.165, 1.54) is 21.3 Å². The molecule has 0 bridgehead atoms. The number of halogens is 1. The molecule has 3 rings (SSSR count). The van der Waals surface area contributed by atoms with E-state index in [2.05, 4.69) is 20.6 Å². The molecule has 27 heavy (non-hydrogen) atoms. The Morgan fingerprint density at radius 2 is 1.52 bits per heavy atom. The quantitative estimate of drug-likeness (QED) is 0.647. The van der Waals surface area contributed by atoms with E-state index in [1.807, 2.05) is 30.3 Å². The molecule has 0 saturated heterocycles. The van der Waals surface area contributed by atoms with E-state index in [-0.39, 0.29) is 11.8 Å². The molecule has 0 unspecified atom stereocenters. The van der Waals surface area contributed by atoms with E-state index < -0.39 is 5.82 Å². The monoisotopic (exact) mass is 370 g/mol. The number of benzene rings is 2. The summed E-state index contributed by atoms with van der Waals surface area (Å²) in [5, 5.41) is 5.94. The van der Waals surface area contributed by atoms with Crippen molar-refractivity contribution in [1.29, 1.82) is 0 Å². The fraction of sp³-hybridized carbons (Fsp3) is 0.158. The van der Waals surface area contributed by atoms with Crippen molar-refractivity contribution in [3.63, 3.8) is 0 Å². The van der Waals surface area contributed by atoms with Gasteiger partial charge in [-0.05, 0) is 12.1 Å². The zero-order chi connectivity index (χ0) is 19.2. The van der Waals surface area contributed by atoms with E-state index in [0.717, 1.165) is 6.20 Å². The van der Waals surface area contributed by atoms with Gasteiger partial charge < -0.3 is 24.8 Å². The van der Waals surface area contributed by atoms with Gasteiger partial charge in [-0.3, -0.25) is 0 Å². The molecule has 0 aliphatic carbocycles. The molecule has 0 saturated carbocycles. The Bertz CT molecular complexity index is 897. The third-order valence-electron chi connectivity index (χ3n) is 3.70. The molecule has 0 fully saturated rings. The molecule has 2 N–H and O–H groups in total. The third-order valence-corrected chi connectivity index (χ3v) is 3.70. The van der Waals surface area contributed by atoms with Crippen LogP contribution < -0.4 is 24.8 Å². The van der Waals surface area contributed by atoms with Gasteiger partial charge in [0.15, 0.2) is 23.1 Å². The lowest BCUT2D eigenvalue weighted by Crippen LogP contribution is -2.04. The van der Waals surface area contributed by atoms with Gasteiger partial charge >= 0.3 is 0 Å². The average Bonchev–Trinajstić information content (AvgIpc) is 2.70. The molecule has 8 heteroatoms. The van der Waals surface area contributed by atoms with Crippen molar-refractivity contribution in [3.05, 3.63) is 54.5 Å². The van der Waals surface area contributed by atoms with Gasteiger partial charge in [0.1, 0.15) is 0 Å². The minimum absolute atomic E-state index is 0.0612. The number of hydrogen-bond donors (Lipinski definition) is 2. The molecule has 0 atom stereocenters. The van der Waals surface area contributed by atoms with Crippen LogP contribution in [0.2, 0.25) is 0 Å². The molecule has 3 aromatic rings. The van der Waals surface area contributed by atoms with Gasteiger partial charge in [0, 0.05) is 23.5 Å². The van der Waals surface area contributed by atoms with Gasteiger partial charge in [0.2, 0.25) is 11.7 Å². The molecule has 2 aromatic carbocycles. The fourth-order valence-electron chi connectivity index (χ4n) is 2.46. The molecular formula is C19H19FN4O3. The number of hydrogen-bond acceptors (Lipinski definition) is 7. The summed E-state index contributed by atoms with van der Waals surface area (Å²) < 4.78 is 30.0. The fourth-order valence-corrected chi connectivity index (χ4v) is 2.46. The molecular weight excluding hydrogens is 351 g/mol. The second-order valence-corrected chi connectivity index (χ2v) is 5.42. The van der Waals surface area contributed by atoms with Crippen LogP contribution in [-0.4, -0.2) is 31.3 Å². The summed E-state index contributed by atoms with van der Waals surface area (Å²) in [6.45, 7) is 0. The summed E-state index contributed by atoms with van der Waals surface area (Å²) in [7, 11) is 4.58. The number of anilines is 4. The second-order valence-electron chi connectivity index (χ2n) is 5.42. The molecule has 0 aliphatic heterocycles. The van der Waals surface area contributed by atoms with Crippen LogP contribution in [0.5, 0.6) is 17.2 Å². The summed E-state index contributed by atoms with van der Waals surface area (Å²) in [6.07, 6.45) is 1.10. The summed E-state index contributed by atoms with van der Waals surface area (Å²) in [6, 6.07) is 12.6. The van der Waals surface area contributed by atoms with Gasteiger partial charge in [0.25, 0.3) is 0 Å². The van der Waals surface area contributed by atoms with Crippen molar-refractivity contribution in [2.24, 2.45) is 0 Å². The minimum Gasteiger partial charge on any atom is -0.493 e. The van der Waals surface area contributed by atoms with Gasteiger partial charge in [0.05, 0.1) is 27.5 Å². The van der Waals surface area contributed by atoms with Crippen LogP contribution in [-0.2, 0) is 0 Å². The van der Waals surface area contributed by atoms with E-state index in [4.69, 9.17) is 14.2 Å². The first-order valence-corrected chi connectivity index (χ1v) is 8.06. The van der Waals surface area contributed by atoms with Crippen LogP contribution in [0.3, 0.4) is 0 Å². The zero-order valence-corrected chi connectivity index (χ0v) is 15.1. The zero-order valence-electron chi connectivity index (χ0n) is 15.1. The number of rotatable bonds is 7. The highest BCUT2D eigenvalue weighted by atomic mass is 19.1. The Morgan fingerprint density at radius 3 is 2.11 bits per heavy atom. The maximum absolute atomic E-state index is 14.1. The maximum atomic E-state index is 14.1. The van der Waals surface area contributed by atoms with E-state index in [9.17, 15) is 4.39 Å².